The van der Waals surface area contributed by atoms with Gasteiger partial charge in [0.15, 0.2) is 0 Å². The van der Waals surface area contributed by atoms with Crippen molar-refractivity contribution in [3.05, 3.63) is 121 Å². The van der Waals surface area contributed by atoms with Gasteiger partial charge in [-0.05, 0) is 37.1 Å². The van der Waals surface area contributed by atoms with Crippen LogP contribution in [0.2, 0.25) is 0 Å². The molecule has 2 aromatic heterocycles. The average molecular weight is 426 g/mol. The van der Waals surface area contributed by atoms with Crippen LogP contribution in [-0.2, 0) is 0 Å². The minimum absolute atomic E-state index is 0.686. The largest absolute Gasteiger partial charge is 0.278 e. The summed E-state index contributed by atoms with van der Waals surface area (Å²) in [5.41, 5.74) is 7.48. The first-order valence-corrected chi connectivity index (χ1v) is 11.3. The molecule has 0 amide bonds. The molecule has 0 N–H and O–H groups in total. The summed E-state index contributed by atoms with van der Waals surface area (Å²) in [4.78, 5) is 10.2. The number of benzene rings is 3. The van der Waals surface area contributed by atoms with E-state index < -0.39 is 0 Å². The lowest BCUT2D eigenvalue weighted by atomic mass is 10.1. The van der Waals surface area contributed by atoms with Gasteiger partial charge in [0.2, 0.25) is 5.95 Å². The average Bonchev–Trinajstić information content (AvgIpc) is 2.99. The molecule has 0 spiro atoms. The van der Waals surface area contributed by atoms with Gasteiger partial charge in [-0.2, -0.15) is 0 Å². The monoisotopic (exact) mass is 425 g/mol. The van der Waals surface area contributed by atoms with Gasteiger partial charge in [-0.3, -0.25) is 4.57 Å². The number of aromatic nitrogens is 3. The molecule has 0 saturated carbocycles. The third kappa shape index (κ3) is 3.39. The number of rotatable bonds is 3. The van der Waals surface area contributed by atoms with Crippen LogP contribution >= 0.6 is 0 Å². The van der Waals surface area contributed by atoms with Gasteiger partial charge >= 0.3 is 0 Å². The first kappa shape index (κ1) is 19.4. The van der Waals surface area contributed by atoms with Gasteiger partial charge < -0.3 is 0 Å². The van der Waals surface area contributed by atoms with Crippen LogP contribution in [0.3, 0.4) is 0 Å². The highest BCUT2D eigenvalue weighted by molar-refractivity contribution is 6.10. The Morgan fingerprint density at radius 2 is 1.55 bits per heavy atom. The van der Waals surface area contributed by atoms with Gasteiger partial charge in [-0.25, -0.2) is 9.97 Å². The Morgan fingerprint density at radius 1 is 0.758 bits per heavy atom. The molecule has 2 heterocycles. The van der Waals surface area contributed by atoms with Crippen LogP contribution < -0.4 is 0 Å². The van der Waals surface area contributed by atoms with Crippen molar-refractivity contribution in [2.45, 2.75) is 13.3 Å². The Bertz CT molecular complexity index is 1580. The van der Waals surface area contributed by atoms with Gasteiger partial charge in [0, 0.05) is 21.9 Å². The molecule has 1 aliphatic carbocycles. The van der Waals surface area contributed by atoms with E-state index >= 15 is 0 Å². The van der Waals surface area contributed by atoms with Crippen molar-refractivity contribution < 1.29 is 0 Å². The SMILES string of the molecule is Cc1cccc2c1c1ccccc1n2-c1nc(C2=CC=CCC=C2)cc(-c2ccccc2)n1. The molecular formula is C30H23N3. The number of hydrogen-bond acceptors (Lipinski definition) is 2. The number of hydrogen-bond donors (Lipinski definition) is 0. The zero-order chi connectivity index (χ0) is 22.2. The summed E-state index contributed by atoms with van der Waals surface area (Å²) in [6.07, 6.45) is 11.6. The molecule has 33 heavy (non-hydrogen) atoms. The van der Waals surface area contributed by atoms with Crippen LogP contribution in [0.15, 0.2) is 109 Å². The first-order valence-electron chi connectivity index (χ1n) is 11.3. The molecule has 1 aliphatic rings. The van der Waals surface area contributed by atoms with Crippen LogP contribution in [0, 0.1) is 6.92 Å². The Morgan fingerprint density at radius 3 is 2.45 bits per heavy atom. The lowest BCUT2D eigenvalue weighted by molar-refractivity contribution is 0.983. The van der Waals surface area contributed by atoms with E-state index in [4.69, 9.17) is 9.97 Å². The number of fused-ring (bicyclic) bond motifs is 3. The molecule has 0 fully saturated rings. The van der Waals surface area contributed by atoms with E-state index in [0.29, 0.717) is 5.95 Å². The van der Waals surface area contributed by atoms with Gasteiger partial charge in [0.05, 0.1) is 22.4 Å². The molecule has 0 unspecified atom stereocenters. The molecule has 5 aromatic rings. The summed E-state index contributed by atoms with van der Waals surface area (Å²) in [5, 5.41) is 2.47. The lowest BCUT2D eigenvalue weighted by Crippen LogP contribution is -2.05. The fourth-order valence-electron chi connectivity index (χ4n) is 4.60. The Labute approximate surface area is 193 Å². The van der Waals surface area contributed by atoms with Crippen molar-refractivity contribution in [1.82, 2.24) is 14.5 Å². The number of nitrogens with zero attached hydrogens (tertiary/aromatic N) is 3. The van der Waals surface area contributed by atoms with Crippen molar-refractivity contribution in [1.29, 1.82) is 0 Å². The summed E-state index contributed by atoms with van der Waals surface area (Å²) in [7, 11) is 0. The smallest absolute Gasteiger partial charge is 0.235 e. The van der Waals surface area contributed by atoms with E-state index in [1.54, 1.807) is 0 Å². The van der Waals surface area contributed by atoms with Crippen LogP contribution in [0.5, 0.6) is 0 Å². The number of aryl methyl sites for hydroxylation is 1. The minimum atomic E-state index is 0.686. The van der Waals surface area contributed by atoms with Crippen LogP contribution in [-0.4, -0.2) is 14.5 Å². The molecule has 6 rings (SSSR count). The molecule has 3 heteroatoms. The number of para-hydroxylation sites is 1. The van der Waals surface area contributed by atoms with Crippen molar-refractivity contribution in [3.8, 4) is 17.2 Å². The topological polar surface area (TPSA) is 30.7 Å². The van der Waals surface area contributed by atoms with E-state index in [1.807, 2.05) is 18.2 Å². The summed E-state index contributed by atoms with van der Waals surface area (Å²) in [6.45, 7) is 2.17. The second-order valence-electron chi connectivity index (χ2n) is 8.31. The summed E-state index contributed by atoms with van der Waals surface area (Å²) >= 11 is 0. The second-order valence-corrected chi connectivity index (χ2v) is 8.31. The van der Waals surface area contributed by atoms with Crippen LogP contribution in [0.1, 0.15) is 17.7 Å². The van der Waals surface area contributed by atoms with Crippen LogP contribution in [0.25, 0.3) is 44.6 Å². The fraction of sp³-hybridized carbons (Fsp3) is 0.0667. The van der Waals surface area contributed by atoms with E-state index in [-0.39, 0.29) is 0 Å². The Balaban J connectivity index is 1.69. The van der Waals surface area contributed by atoms with Crippen molar-refractivity contribution in [2.75, 3.05) is 0 Å². The summed E-state index contributed by atoms with van der Waals surface area (Å²) in [5.74, 6) is 0.686. The molecular weight excluding hydrogens is 402 g/mol. The third-order valence-corrected chi connectivity index (χ3v) is 6.17. The van der Waals surface area contributed by atoms with Gasteiger partial charge in [-0.1, -0.05) is 91.0 Å². The number of allylic oxidation sites excluding steroid dienone is 6. The molecule has 0 bridgehead atoms. The highest BCUT2D eigenvalue weighted by atomic mass is 15.2. The van der Waals surface area contributed by atoms with E-state index in [9.17, 15) is 0 Å². The zero-order valence-corrected chi connectivity index (χ0v) is 18.4. The van der Waals surface area contributed by atoms with Gasteiger partial charge in [-0.15, -0.1) is 0 Å². The highest BCUT2D eigenvalue weighted by Gasteiger charge is 2.17. The first-order chi connectivity index (χ1) is 16.3. The molecule has 0 atom stereocenters. The molecule has 158 valence electrons. The Hall–Kier alpha value is -4.24. The van der Waals surface area contributed by atoms with E-state index in [2.05, 4.69) is 103 Å². The van der Waals surface area contributed by atoms with Gasteiger partial charge in [0.25, 0.3) is 0 Å². The van der Waals surface area contributed by atoms with Crippen molar-refractivity contribution in [2.24, 2.45) is 0 Å². The Kier molecular flexibility index (Phi) is 4.73. The zero-order valence-electron chi connectivity index (χ0n) is 18.4. The fourth-order valence-corrected chi connectivity index (χ4v) is 4.60. The predicted molar refractivity (Wildman–Crippen MR) is 137 cm³/mol. The van der Waals surface area contributed by atoms with Crippen LogP contribution in [0.4, 0.5) is 0 Å². The second kappa shape index (κ2) is 8.03. The van der Waals surface area contributed by atoms with Crippen molar-refractivity contribution in [3.63, 3.8) is 0 Å². The minimum Gasteiger partial charge on any atom is -0.278 e. The lowest BCUT2D eigenvalue weighted by Gasteiger charge is -2.12. The van der Waals surface area contributed by atoms with Gasteiger partial charge in [0.1, 0.15) is 0 Å². The van der Waals surface area contributed by atoms with Crippen molar-refractivity contribution >= 4 is 27.4 Å². The predicted octanol–water partition coefficient (Wildman–Crippen LogP) is 7.45. The third-order valence-electron chi connectivity index (χ3n) is 6.17. The maximum absolute atomic E-state index is 5.10. The maximum Gasteiger partial charge on any atom is 0.235 e. The quantitative estimate of drug-likeness (QED) is 0.300. The standard InChI is InChI=1S/C30H23N3/c1-21-12-11-19-28-29(21)24-17-9-10-18-27(24)33(28)30-31-25(22-13-5-2-3-6-14-22)20-26(32-30)23-15-7-4-8-16-23/h2,4-20H,3H2,1H3. The molecule has 0 radical (unpaired) electrons. The molecule has 0 saturated heterocycles. The molecule has 0 aliphatic heterocycles. The normalized spacial score (nSPS) is 13.4. The molecule has 3 aromatic carbocycles. The summed E-state index contributed by atoms with van der Waals surface area (Å²) in [6, 6.07) is 27.4. The molecule has 3 nitrogen and oxygen atoms in total. The van der Waals surface area contributed by atoms with E-state index in [0.717, 1.165) is 40.0 Å². The maximum atomic E-state index is 5.10. The highest BCUT2D eigenvalue weighted by Crippen LogP contribution is 2.34. The summed E-state index contributed by atoms with van der Waals surface area (Å²) < 4.78 is 2.20. The van der Waals surface area contributed by atoms with E-state index in [1.165, 1.54) is 16.3 Å².